The number of aromatic nitrogens is 3. The standard InChI is InChI=1S/C17H18N4/c1-2-4-15(5-3-1)17(16-6-8-18-9-7-16)20-11-13-21-12-10-19-14-21/h1-10,12,14,17,20H,11,13H2. The summed E-state index contributed by atoms with van der Waals surface area (Å²) in [6.07, 6.45) is 9.29. The van der Waals surface area contributed by atoms with Gasteiger partial charge in [0.1, 0.15) is 0 Å². The van der Waals surface area contributed by atoms with Crippen LogP contribution in [0.2, 0.25) is 0 Å². The maximum atomic E-state index is 4.10. The number of nitrogens with zero attached hydrogens (tertiary/aromatic N) is 3. The number of pyridine rings is 1. The van der Waals surface area contributed by atoms with E-state index in [9.17, 15) is 0 Å². The van der Waals surface area contributed by atoms with E-state index in [0.29, 0.717) is 0 Å². The first kappa shape index (κ1) is 13.5. The van der Waals surface area contributed by atoms with Crippen LogP contribution in [0, 0.1) is 0 Å². The molecule has 0 bridgehead atoms. The van der Waals surface area contributed by atoms with Crippen LogP contribution in [0.1, 0.15) is 17.2 Å². The fraction of sp³-hybridized carbons (Fsp3) is 0.176. The summed E-state index contributed by atoms with van der Waals surface area (Å²) < 4.78 is 2.07. The fourth-order valence-electron chi connectivity index (χ4n) is 2.39. The van der Waals surface area contributed by atoms with Crippen molar-refractivity contribution in [1.29, 1.82) is 0 Å². The van der Waals surface area contributed by atoms with Crippen LogP contribution in [0.25, 0.3) is 0 Å². The number of imidazole rings is 1. The lowest BCUT2D eigenvalue weighted by Gasteiger charge is -2.20. The molecular weight excluding hydrogens is 260 g/mol. The Morgan fingerprint density at radius 3 is 2.38 bits per heavy atom. The van der Waals surface area contributed by atoms with Crippen molar-refractivity contribution in [2.75, 3.05) is 6.54 Å². The van der Waals surface area contributed by atoms with Gasteiger partial charge in [0.15, 0.2) is 0 Å². The van der Waals surface area contributed by atoms with E-state index in [1.54, 1.807) is 6.20 Å². The average molecular weight is 278 g/mol. The van der Waals surface area contributed by atoms with Crippen LogP contribution in [0.5, 0.6) is 0 Å². The van der Waals surface area contributed by atoms with Gasteiger partial charge in [-0.3, -0.25) is 4.98 Å². The molecule has 3 aromatic rings. The van der Waals surface area contributed by atoms with Gasteiger partial charge >= 0.3 is 0 Å². The SMILES string of the molecule is c1ccc(C(NCCn2ccnc2)c2ccncc2)cc1. The molecule has 2 aromatic heterocycles. The van der Waals surface area contributed by atoms with Crippen molar-refractivity contribution in [3.63, 3.8) is 0 Å². The molecule has 0 aliphatic heterocycles. The molecule has 0 amide bonds. The van der Waals surface area contributed by atoms with Crippen LogP contribution in [0.4, 0.5) is 0 Å². The molecule has 1 N–H and O–H groups in total. The Labute approximate surface area is 124 Å². The van der Waals surface area contributed by atoms with Crippen molar-refractivity contribution in [2.24, 2.45) is 0 Å². The van der Waals surface area contributed by atoms with E-state index >= 15 is 0 Å². The van der Waals surface area contributed by atoms with Crippen LogP contribution in [-0.4, -0.2) is 21.1 Å². The molecule has 3 rings (SSSR count). The van der Waals surface area contributed by atoms with E-state index in [2.05, 4.69) is 56.3 Å². The van der Waals surface area contributed by atoms with Gasteiger partial charge in [0.05, 0.1) is 12.4 Å². The summed E-state index contributed by atoms with van der Waals surface area (Å²) in [7, 11) is 0. The highest BCUT2D eigenvalue weighted by molar-refractivity contribution is 5.30. The number of rotatable bonds is 6. The molecule has 4 nitrogen and oxygen atoms in total. The van der Waals surface area contributed by atoms with Crippen LogP contribution in [0.3, 0.4) is 0 Å². The molecule has 4 heteroatoms. The molecule has 0 saturated carbocycles. The van der Waals surface area contributed by atoms with Crippen molar-refractivity contribution in [1.82, 2.24) is 19.9 Å². The Balaban J connectivity index is 1.73. The molecule has 1 aromatic carbocycles. The maximum Gasteiger partial charge on any atom is 0.0946 e. The third-order valence-electron chi connectivity index (χ3n) is 3.45. The van der Waals surface area contributed by atoms with Crippen LogP contribution < -0.4 is 5.32 Å². The van der Waals surface area contributed by atoms with Crippen molar-refractivity contribution >= 4 is 0 Å². The molecule has 0 aliphatic rings. The van der Waals surface area contributed by atoms with Crippen molar-refractivity contribution in [3.8, 4) is 0 Å². The smallest absolute Gasteiger partial charge is 0.0946 e. The lowest BCUT2D eigenvalue weighted by atomic mass is 10.00. The quantitative estimate of drug-likeness (QED) is 0.754. The molecule has 0 aliphatic carbocycles. The molecule has 1 atom stereocenters. The third-order valence-corrected chi connectivity index (χ3v) is 3.45. The van der Waals surface area contributed by atoms with E-state index in [0.717, 1.165) is 13.1 Å². The minimum Gasteiger partial charge on any atom is -0.336 e. The molecule has 0 radical (unpaired) electrons. The fourth-order valence-corrected chi connectivity index (χ4v) is 2.39. The number of benzene rings is 1. The monoisotopic (exact) mass is 278 g/mol. The Hall–Kier alpha value is -2.46. The van der Waals surface area contributed by atoms with Crippen molar-refractivity contribution in [3.05, 3.63) is 84.7 Å². The predicted molar refractivity (Wildman–Crippen MR) is 82.8 cm³/mol. The molecule has 2 heterocycles. The second kappa shape index (κ2) is 6.81. The second-order valence-electron chi connectivity index (χ2n) is 4.88. The van der Waals surface area contributed by atoms with Gasteiger partial charge in [-0.15, -0.1) is 0 Å². The highest BCUT2D eigenvalue weighted by atomic mass is 15.0. The second-order valence-corrected chi connectivity index (χ2v) is 4.88. The minimum absolute atomic E-state index is 0.178. The van der Waals surface area contributed by atoms with E-state index in [1.807, 2.05) is 31.0 Å². The summed E-state index contributed by atoms with van der Waals surface area (Å²) in [5.41, 5.74) is 2.48. The van der Waals surface area contributed by atoms with Gasteiger partial charge < -0.3 is 9.88 Å². The Kier molecular flexibility index (Phi) is 4.39. The zero-order valence-electron chi connectivity index (χ0n) is 11.8. The van der Waals surface area contributed by atoms with Gasteiger partial charge in [-0.2, -0.15) is 0 Å². The van der Waals surface area contributed by atoms with E-state index in [-0.39, 0.29) is 6.04 Å². The van der Waals surface area contributed by atoms with E-state index in [4.69, 9.17) is 0 Å². The Bertz CT molecular complexity index is 596. The van der Waals surface area contributed by atoms with Gasteiger partial charge in [0.25, 0.3) is 0 Å². The normalized spacial score (nSPS) is 12.2. The summed E-state index contributed by atoms with van der Waals surface area (Å²) in [6.45, 7) is 1.77. The average Bonchev–Trinajstić information content (AvgIpc) is 3.07. The summed E-state index contributed by atoms with van der Waals surface area (Å²) in [4.78, 5) is 8.17. The zero-order valence-corrected chi connectivity index (χ0v) is 11.8. The molecule has 106 valence electrons. The third kappa shape index (κ3) is 3.55. The van der Waals surface area contributed by atoms with Gasteiger partial charge in [-0.1, -0.05) is 30.3 Å². The van der Waals surface area contributed by atoms with Gasteiger partial charge in [-0.25, -0.2) is 4.98 Å². The van der Waals surface area contributed by atoms with Crippen molar-refractivity contribution in [2.45, 2.75) is 12.6 Å². The predicted octanol–water partition coefficient (Wildman–Crippen LogP) is 2.66. The van der Waals surface area contributed by atoms with Crippen LogP contribution in [-0.2, 0) is 6.54 Å². The molecule has 0 saturated heterocycles. The van der Waals surface area contributed by atoms with Gasteiger partial charge in [-0.05, 0) is 23.3 Å². The minimum atomic E-state index is 0.178. The maximum absolute atomic E-state index is 4.10. The summed E-state index contributed by atoms with van der Waals surface area (Å²) in [5.74, 6) is 0. The van der Waals surface area contributed by atoms with E-state index < -0.39 is 0 Å². The number of hydrogen-bond donors (Lipinski definition) is 1. The van der Waals surface area contributed by atoms with Crippen molar-refractivity contribution < 1.29 is 0 Å². The van der Waals surface area contributed by atoms with Crippen LogP contribution >= 0.6 is 0 Å². The highest BCUT2D eigenvalue weighted by Crippen LogP contribution is 2.20. The summed E-state index contributed by atoms with van der Waals surface area (Å²) >= 11 is 0. The first-order valence-electron chi connectivity index (χ1n) is 7.07. The molecule has 21 heavy (non-hydrogen) atoms. The summed E-state index contributed by atoms with van der Waals surface area (Å²) in [6, 6.07) is 14.8. The lowest BCUT2D eigenvalue weighted by molar-refractivity contribution is 0.550. The van der Waals surface area contributed by atoms with Crippen LogP contribution in [0.15, 0.2) is 73.6 Å². The Morgan fingerprint density at radius 1 is 0.905 bits per heavy atom. The number of hydrogen-bond acceptors (Lipinski definition) is 3. The van der Waals surface area contributed by atoms with Gasteiger partial charge in [0.2, 0.25) is 0 Å². The largest absolute Gasteiger partial charge is 0.336 e. The first-order valence-corrected chi connectivity index (χ1v) is 7.07. The first-order chi connectivity index (χ1) is 10.4. The lowest BCUT2D eigenvalue weighted by Crippen LogP contribution is -2.26. The topological polar surface area (TPSA) is 42.7 Å². The molecule has 0 fully saturated rings. The molecule has 1 unspecified atom stereocenters. The highest BCUT2D eigenvalue weighted by Gasteiger charge is 2.12. The Morgan fingerprint density at radius 2 is 1.67 bits per heavy atom. The van der Waals surface area contributed by atoms with Gasteiger partial charge in [0, 0.05) is 37.9 Å². The molecule has 0 spiro atoms. The number of nitrogens with one attached hydrogen (secondary N) is 1. The van der Waals surface area contributed by atoms with E-state index in [1.165, 1.54) is 11.1 Å². The summed E-state index contributed by atoms with van der Waals surface area (Å²) in [5, 5.41) is 3.61. The zero-order chi connectivity index (χ0) is 14.3. The molecular formula is C17H18N4.